The van der Waals surface area contributed by atoms with Crippen molar-refractivity contribution >= 4 is 23.1 Å². The van der Waals surface area contributed by atoms with Crippen LogP contribution in [0, 0.1) is 6.92 Å². The molecule has 1 aliphatic heterocycles. The van der Waals surface area contributed by atoms with Gasteiger partial charge >= 0.3 is 0 Å². The topological polar surface area (TPSA) is 58.4 Å². The van der Waals surface area contributed by atoms with E-state index < -0.39 is 0 Å². The monoisotopic (exact) mass is 305 g/mol. The van der Waals surface area contributed by atoms with Gasteiger partial charge in [0.25, 0.3) is 0 Å². The van der Waals surface area contributed by atoms with Crippen molar-refractivity contribution in [2.24, 2.45) is 0 Å². The average molecular weight is 305 g/mol. The second kappa shape index (κ2) is 5.99. The van der Waals surface area contributed by atoms with Gasteiger partial charge in [0.15, 0.2) is 5.82 Å². The molecule has 2 aromatic heterocycles. The molecule has 0 aromatic carbocycles. The number of anilines is 1. The fraction of sp³-hybridized carbons (Fsp3) is 0.467. The summed E-state index contributed by atoms with van der Waals surface area (Å²) in [5, 5.41) is 8.73. The molecule has 112 valence electrons. The largest absolute Gasteiger partial charge is 0.360 e. The van der Waals surface area contributed by atoms with Crippen LogP contribution in [0.25, 0.3) is 0 Å². The normalized spacial score (nSPS) is 20.6. The molecule has 1 N–H and O–H groups in total. The highest BCUT2D eigenvalue weighted by molar-refractivity contribution is 7.10. The van der Waals surface area contributed by atoms with Crippen LogP contribution in [0.15, 0.2) is 28.1 Å². The standard InChI is InChI=1S/C15H19N3O2S/c1-10-9-14(17-20-10)16-15(19)11(2)18-7-3-5-12(18)13-6-4-8-21-13/h4,6,8-9,11-12H,3,5,7H2,1-2H3,(H,16,17,19)/t11-,12+/m1/s1. The van der Waals surface area contributed by atoms with E-state index in [0.717, 1.165) is 19.4 Å². The first-order valence-electron chi connectivity index (χ1n) is 7.18. The maximum atomic E-state index is 12.4. The van der Waals surface area contributed by atoms with Crippen LogP contribution in [0.3, 0.4) is 0 Å². The molecule has 3 heterocycles. The molecule has 2 atom stereocenters. The van der Waals surface area contributed by atoms with Gasteiger partial charge in [-0.1, -0.05) is 11.2 Å². The highest BCUT2D eigenvalue weighted by Gasteiger charge is 2.33. The van der Waals surface area contributed by atoms with Crippen molar-refractivity contribution in [3.8, 4) is 0 Å². The lowest BCUT2D eigenvalue weighted by Gasteiger charge is -2.28. The Labute approximate surface area is 127 Å². The Hall–Kier alpha value is -1.66. The molecule has 5 nitrogen and oxygen atoms in total. The van der Waals surface area contributed by atoms with Crippen molar-refractivity contribution in [1.29, 1.82) is 0 Å². The van der Waals surface area contributed by atoms with Crippen LogP contribution in [0.4, 0.5) is 5.82 Å². The predicted octanol–water partition coefficient (Wildman–Crippen LogP) is 3.21. The lowest BCUT2D eigenvalue weighted by Crippen LogP contribution is -2.41. The van der Waals surface area contributed by atoms with Crippen molar-refractivity contribution in [2.45, 2.75) is 38.8 Å². The number of amides is 1. The molecule has 0 unspecified atom stereocenters. The molecule has 1 amide bonds. The lowest BCUT2D eigenvalue weighted by molar-refractivity contribution is -0.121. The van der Waals surface area contributed by atoms with Crippen LogP contribution in [0.1, 0.15) is 36.4 Å². The number of rotatable bonds is 4. The molecule has 0 saturated carbocycles. The number of likely N-dealkylation sites (tertiary alicyclic amines) is 1. The van der Waals surface area contributed by atoms with E-state index in [9.17, 15) is 4.79 Å². The first kappa shape index (κ1) is 14.3. The lowest BCUT2D eigenvalue weighted by atomic mass is 10.1. The second-order valence-electron chi connectivity index (χ2n) is 5.40. The van der Waals surface area contributed by atoms with Gasteiger partial charge in [-0.2, -0.15) is 0 Å². The number of carbonyl (C=O) groups excluding carboxylic acids is 1. The van der Waals surface area contributed by atoms with E-state index in [0.29, 0.717) is 17.6 Å². The van der Waals surface area contributed by atoms with Crippen molar-refractivity contribution in [3.63, 3.8) is 0 Å². The summed E-state index contributed by atoms with van der Waals surface area (Å²) in [6, 6.07) is 6.12. The van der Waals surface area contributed by atoms with Gasteiger partial charge in [-0.25, -0.2) is 0 Å². The predicted molar refractivity (Wildman–Crippen MR) is 82.3 cm³/mol. The fourth-order valence-corrected chi connectivity index (χ4v) is 3.73. The van der Waals surface area contributed by atoms with Crippen LogP contribution in [-0.2, 0) is 4.79 Å². The molecule has 0 spiro atoms. The van der Waals surface area contributed by atoms with Gasteiger partial charge in [-0.05, 0) is 44.7 Å². The third-order valence-electron chi connectivity index (χ3n) is 3.92. The Bertz CT molecular complexity index is 608. The molecule has 0 bridgehead atoms. The average Bonchev–Trinajstić information content (AvgIpc) is 3.18. The Morgan fingerprint density at radius 2 is 2.48 bits per heavy atom. The summed E-state index contributed by atoms with van der Waals surface area (Å²) in [6.45, 7) is 4.71. The van der Waals surface area contributed by atoms with Crippen molar-refractivity contribution in [2.75, 3.05) is 11.9 Å². The fourth-order valence-electron chi connectivity index (χ4n) is 2.85. The molecule has 3 rings (SSSR count). The summed E-state index contributed by atoms with van der Waals surface area (Å²) in [7, 11) is 0. The summed E-state index contributed by atoms with van der Waals surface area (Å²) in [6.07, 6.45) is 2.24. The molecule has 1 fully saturated rings. The zero-order chi connectivity index (χ0) is 14.8. The second-order valence-corrected chi connectivity index (χ2v) is 6.38. The zero-order valence-electron chi connectivity index (χ0n) is 12.2. The molecule has 0 radical (unpaired) electrons. The smallest absolute Gasteiger partial charge is 0.242 e. The zero-order valence-corrected chi connectivity index (χ0v) is 13.0. The first-order chi connectivity index (χ1) is 10.1. The minimum atomic E-state index is -0.184. The first-order valence-corrected chi connectivity index (χ1v) is 8.06. The van der Waals surface area contributed by atoms with Gasteiger partial charge in [0.1, 0.15) is 5.76 Å². The summed E-state index contributed by atoms with van der Waals surface area (Å²) >= 11 is 1.76. The molecule has 1 saturated heterocycles. The van der Waals surface area contributed by atoms with Crippen molar-refractivity contribution in [3.05, 3.63) is 34.2 Å². The molecule has 21 heavy (non-hydrogen) atoms. The van der Waals surface area contributed by atoms with Crippen molar-refractivity contribution < 1.29 is 9.32 Å². The highest BCUT2D eigenvalue weighted by atomic mass is 32.1. The van der Waals surface area contributed by atoms with Crippen LogP contribution >= 0.6 is 11.3 Å². The Balaban J connectivity index is 1.68. The van der Waals surface area contributed by atoms with E-state index in [4.69, 9.17) is 4.52 Å². The van der Waals surface area contributed by atoms with Crippen LogP contribution < -0.4 is 5.32 Å². The summed E-state index contributed by atoms with van der Waals surface area (Å²) in [5.74, 6) is 1.14. The van der Waals surface area contributed by atoms with Gasteiger partial charge in [-0.15, -0.1) is 11.3 Å². The maximum absolute atomic E-state index is 12.4. The van der Waals surface area contributed by atoms with Gasteiger partial charge in [0, 0.05) is 17.0 Å². The highest BCUT2D eigenvalue weighted by Crippen LogP contribution is 2.35. The van der Waals surface area contributed by atoms with E-state index in [-0.39, 0.29) is 11.9 Å². The third kappa shape index (κ3) is 3.01. The van der Waals surface area contributed by atoms with Crippen LogP contribution in [-0.4, -0.2) is 28.6 Å². The summed E-state index contributed by atoms with van der Waals surface area (Å²) in [5.41, 5.74) is 0. The van der Waals surface area contributed by atoms with Gasteiger partial charge < -0.3 is 9.84 Å². The Kier molecular flexibility index (Phi) is 4.07. The van der Waals surface area contributed by atoms with Crippen molar-refractivity contribution in [1.82, 2.24) is 10.1 Å². The van der Waals surface area contributed by atoms with E-state index in [1.54, 1.807) is 24.3 Å². The number of nitrogens with zero attached hydrogens (tertiary/aromatic N) is 2. The Morgan fingerprint density at radius 1 is 1.62 bits per heavy atom. The molecule has 1 aliphatic rings. The maximum Gasteiger partial charge on any atom is 0.242 e. The van der Waals surface area contributed by atoms with Gasteiger partial charge in [0.2, 0.25) is 5.91 Å². The summed E-state index contributed by atoms with van der Waals surface area (Å²) in [4.78, 5) is 16.0. The van der Waals surface area contributed by atoms with E-state index in [1.165, 1.54) is 4.88 Å². The third-order valence-corrected chi connectivity index (χ3v) is 4.90. The number of thiophene rings is 1. The van der Waals surface area contributed by atoms with E-state index in [2.05, 4.69) is 32.9 Å². The molecular weight excluding hydrogens is 286 g/mol. The number of hydrogen-bond donors (Lipinski definition) is 1. The van der Waals surface area contributed by atoms with Gasteiger partial charge in [-0.3, -0.25) is 9.69 Å². The van der Waals surface area contributed by atoms with Crippen LogP contribution in [0.5, 0.6) is 0 Å². The molecule has 6 heteroatoms. The van der Waals surface area contributed by atoms with E-state index >= 15 is 0 Å². The molecular formula is C15H19N3O2S. The van der Waals surface area contributed by atoms with Crippen LogP contribution in [0.2, 0.25) is 0 Å². The minimum absolute atomic E-state index is 0.0354. The SMILES string of the molecule is Cc1cc(NC(=O)[C@@H](C)N2CCC[C@H]2c2cccs2)no1. The number of carbonyl (C=O) groups is 1. The number of nitrogens with one attached hydrogen (secondary N) is 1. The number of aromatic nitrogens is 1. The Morgan fingerprint density at radius 3 is 3.14 bits per heavy atom. The van der Waals surface area contributed by atoms with Gasteiger partial charge in [0.05, 0.1) is 6.04 Å². The quantitative estimate of drug-likeness (QED) is 0.942. The summed E-state index contributed by atoms with van der Waals surface area (Å²) < 4.78 is 4.97. The minimum Gasteiger partial charge on any atom is -0.360 e. The number of hydrogen-bond acceptors (Lipinski definition) is 5. The van der Waals surface area contributed by atoms with E-state index in [1.807, 2.05) is 6.92 Å². The number of aryl methyl sites for hydroxylation is 1. The molecule has 2 aromatic rings. The molecule has 0 aliphatic carbocycles.